The highest BCUT2D eigenvalue weighted by molar-refractivity contribution is 5.53. The van der Waals surface area contributed by atoms with E-state index in [0.29, 0.717) is 11.5 Å². The van der Waals surface area contributed by atoms with Gasteiger partial charge in [-0.15, -0.1) is 10.2 Å². The minimum atomic E-state index is -0.456. The molecule has 2 heterocycles. The summed E-state index contributed by atoms with van der Waals surface area (Å²) in [6, 6.07) is 9.94. The van der Waals surface area contributed by atoms with Gasteiger partial charge in [-0.05, 0) is 31.5 Å². The first-order valence-corrected chi connectivity index (χ1v) is 6.66. The molecule has 3 aromatic rings. The second-order valence-corrected chi connectivity index (χ2v) is 4.93. The zero-order chi connectivity index (χ0) is 15.7. The number of nitro benzene ring substituents is 1. The Labute approximate surface area is 126 Å². The second-order valence-electron chi connectivity index (χ2n) is 4.93. The number of pyridine rings is 1. The van der Waals surface area contributed by atoms with Gasteiger partial charge in [0.05, 0.1) is 16.3 Å². The Balaban J connectivity index is 2.02. The number of imidazole rings is 1. The molecule has 2 aromatic heterocycles. The maximum Gasteiger partial charge on any atom is 0.271 e. The lowest BCUT2D eigenvalue weighted by molar-refractivity contribution is -0.384. The Kier molecular flexibility index (Phi) is 3.38. The summed E-state index contributed by atoms with van der Waals surface area (Å²) >= 11 is 0. The zero-order valence-corrected chi connectivity index (χ0v) is 12.1. The van der Waals surface area contributed by atoms with E-state index in [1.807, 2.05) is 36.6 Å². The summed E-state index contributed by atoms with van der Waals surface area (Å²) < 4.78 is 1.85. The van der Waals surface area contributed by atoms with Gasteiger partial charge in [0.2, 0.25) is 0 Å². The monoisotopic (exact) mass is 295 g/mol. The molecule has 0 aliphatic heterocycles. The van der Waals surface area contributed by atoms with E-state index in [1.165, 1.54) is 12.1 Å². The van der Waals surface area contributed by atoms with Gasteiger partial charge in [-0.2, -0.15) is 0 Å². The van der Waals surface area contributed by atoms with Crippen molar-refractivity contribution in [1.29, 1.82) is 0 Å². The van der Waals surface area contributed by atoms with E-state index >= 15 is 0 Å². The van der Waals surface area contributed by atoms with Crippen LogP contribution in [-0.4, -0.2) is 14.3 Å². The summed E-state index contributed by atoms with van der Waals surface area (Å²) in [5.41, 5.74) is 3.03. The van der Waals surface area contributed by atoms with Gasteiger partial charge in [0, 0.05) is 18.3 Å². The first kappa shape index (κ1) is 13.9. The molecular formula is C15H13N5O2. The number of rotatable bonds is 3. The number of azo groups is 1. The third-order valence-corrected chi connectivity index (χ3v) is 3.21. The standard InChI is InChI=1S/C15H13N5O2/c1-10-6-7-14-16-11(2)15(19(14)9-10)18-17-12-4-3-5-13(8-12)20(21)22/h3-9H,1-2H3. The van der Waals surface area contributed by atoms with Crippen molar-refractivity contribution in [2.75, 3.05) is 0 Å². The van der Waals surface area contributed by atoms with Gasteiger partial charge < -0.3 is 0 Å². The van der Waals surface area contributed by atoms with Gasteiger partial charge in [-0.3, -0.25) is 14.5 Å². The number of aromatic nitrogens is 2. The predicted molar refractivity (Wildman–Crippen MR) is 81.9 cm³/mol. The zero-order valence-electron chi connectivity index (χ0n) is 12.1. The smallest absolute Gasteiger partial charge is 0.271 e. The van der Waals surface area contributed by atoms with Crippen molar-refractivity contribution in [3.8, 4) is 0 Å². The lowest BCUT2D eigenvalue weighted by atomic mass is 10.3. The van der Waals surface area contributed by atoms with Crippen molar-refractivity contribution in [2.24, 2.45) is 10.2 Å². The summed E-state index contributed by atoms with van der Waals surface area (Å²) in [6.07, 6.45) is 1.93. The first-order valence-electron chi connectivity index (χ1n) is 6.66. The number of hydrogen-bond donors (Lipinski definition) is 0. The highest BCUT2D eigenvalue weighted by Gasteiger charge is 2.09. The molecule has 0 fully saturated rings. The topological polar surface area (TPSA) is 85.2 Å². The number of benzene rings is 1. The maximum absolute atomic E-state index is 10.8. The van der Waals surface area contributed by atoms with E-state index in [1.54, 1.807) is 12.1 Å². The average molecular weight is 295 g/mol. The molecule has 0 atom stereocenters. The van der Waals surface area contributed by atoms with Gasteiger partial charge in [0.1, 0.15) is 5.65 Å². The molecule has 0 unspecified atom stereocenters. The molecule has 0 bridgehead atoms. The number of aryl methyl sites for hydroxylation is 2. The van der Waals surface area contributed by atoms with Crippen LogP contribution in [0.1, 0.15) is 11.3 Å². The van der Waals surface area contributed by atoms with Crippen molar-refractivity contribution in [2.45, 2.75) is 13.8 Å². The molecule has 3 rings (SSSR count). The lowest BCUT2D eigenvalue weighted by Crippen LogP contribution is -1.86. The normalized spacial score (nSPS) is 11.4. The lowest BCUT2D eigenvalue weighted by Gasteiger charge is -1.98. The quantitative estimate of drug-likeness (QED) is 0.410. The number of nitrogens with zero attached hydrogens (tertiary/aromatic N) is 5. The van der Waals surface area contributed by atoms with Crippen LogP contribution >= 0.6 is 0 Å². The van der Waals surface area contributed by atoms with Crippen LogP contribution in [0.25, 0.3) is 5.65 Å². The fourth-order valence-corrected chi connectivity index (χ4v) is 2.15. The maximum atomic E-state index is 10.8. The second kappa shape index (κ2) is 5.36. The molecule has 0 spiro atoms. The van der Waals surface area contributed by atoms with Gasteiger partial charge >= 0.3 is 0 Å². The van der Waals surface area contributed by atoms with E-state index in [0.717, 1.165) is 16.9 Å². The molecule has 7 heteroatoms. The Morgan fingerprint density at radius 3 is 2.77 bits per heavy atom. The third-order valence-electron chi connectivity index (χ3n) is 3.21. The predicted octanol–water partition coefficient (Wildman–Crippen LogP) is 4.27. The number of fused-ring (bicyclic) bond motifs is 1. The summed E-state index contributed by atoms with van der Waals surface area (Å²) in [6.45, 7) is 3.83. The molecule has 0 amide bonds. The molecule has 0 N–H and O–H groups in total. The summed E-state index contributed by atoms with van der Waals surface area (Å²) in [4.78, 5) is 14.7. The average Bonchev–Trinajstić information content (AvgIpc) is 2.80. The van der Waals surface area contributed by atoms with E-state index in [-0.39, 0.29) is 5.69 Å². The highest BCUT2D eigenvalue weighted by Crippen LogP contribution is 2.25. The van der Waals surface area contributed by atoms with E-state index < -0.39 is 4.92 Å². The Hall–Kier alpha value is -3.09. The Morgan fingerprint density at radius 2 is 2.00 bits per heavy atom. The molecular weight excluding hydrogens is 282 g/mol. The minimum Gasteiger partial charge on any atom is -0.283 e. The van der Waals surface area contributed by atoms with Crippen molar-refractivity contribution in [3.63, 3.8) is 0 Å². The van der Waals surface area contributed by atoms with Crippen molar-refractivity contribution in [3.05, 3.63) is 64.0 Å². The van der Waals surface area contributed by atoms with Gasteiger partial charge in [0.25, 0.3) is 5.69 Å². The van der Waals surface area contributed by atoms with Crippen LogP contribution in [0.2, 0.25) is 0 Å². The number of hydrogen-bond acceptors (Lipinski definition) is 5. The Bertz CT molecular complexity index is 898. The number of nitro groups is 1. The van der Waals surface area contributed by atoms with E-state index in [4.69, 9.17) is 0 Å². The summed E-state index contributed by atoms with van der Waals surface area (Å²) in [5.74, 6) is 0.616. The van der Waals surface area contributed by atoms with E-state index in [9.17, 15) is 10.1 Å². The van der Waals surface area contributed by atoms with Crippen LogP contribution in [0.4, 0.5) is 17.2 Å². The van der Waals surface area contributed by atoms with Crippen LogP contribution in [0.5, 0.6) is 0 Å². The number of non-ortho nitro benzene ring substituents is 1. The molecule has 0 saturated carbocycles. The Morgan fingerprint density at radius 1 is 1.18 bits per heavy atom. The summed E-state index contributed by atoms with van der Waals surface area (Å²) in [7, 11) is 0. The molecule has 22 heavy (non-hydrogen) atoms. The van der Waals surface area contributed by atoms with Gasteiger partial charge in [-0.1, -0.05) is 12.1 Å². The first-order chi connectivity index (χ1) is 10.5. The van der Waals surface area contributed by atoms with Crippen molar-refractivity contribution >= 4 is 22.8 Å². The fraction of sp³-hybridized carbons (Fsp3) is 0.133. The highest BCUT2D eigenvalue weighted by atomic mass is 16.6. The molecule has 0 radical (unpaired) electrons. The van der Waals surface area contributed by atoms with Crippen LogP contribution in [-0.2, 0) is 0 Å². The molecule has 1 aromatic carbocycles. The molecule has 0 saturated heterocycles. The van der Waals surface area contributed by atoms with Gasteiger partial charge in [-0.25, -0.2) is 4.98 Å². The van der Waals surface area contributed by atoms with Crippen LogP contribution in [0, 0.1) is 24.0 Å². The molecule has 0 aliphatic rings. The molecule has 7 nitrogen and oxygen atoms in total. The van der Waals surface area contributed by atoms with Crippen molar-refractivity contribution < 1.29 is 4.92 Å². The molecule has 110 valence electrons. The largest absolute Gasteiger partial charge is 0.283 e. The minimum absolute atomic E-state index is 0.0119. The SMILES string of the molecule is Cc1ccc2nc(C)c(N=Nc3cccc([N+](=O)[O-])c3)n2c1. The summed E-state index contributed by atoms with van der Waals surface area (Å²) in [5, 5.41) is 19.1. The third kappa shape index (κ3) is 2.56. The van der Waals surface area contributed by atoms with Crippen LogP contribution in [0.3, 0.4) is 0 Å². The van der Waals surface area contributed by atoms with Gasteiger partial charge in [0.15, 0.2) is 5.82 Å². The molecule has 0 aliphatic carbocycles. The fourth-order valence-electron chi connectivity index (χ4n) is 2.15. The van der Waals surface area contributed by atoms with Crippen molar-refractivity contribution in [1.82, 2.24) is 9.38 Å². The van der Waals surface area contributed by atoms with Crippen LogP contribution in [0.15, 0.2) is 52.8 Å². The van der Waals surface area contributed by atoms with E-state index in [2.05, 4.69) is 15.2 Å². The van der Waals surface area contributed by atoms with Crippen LogP contribution < -0.4 is 0 Å².